The van der Waals surface area contributed by atoms with Gasteiger partial charge in [-0.2, -0.15) is 0 Å². The van der Waals surface area contributed by atoms with Crippen LogP contribution in [0.1, 0.15) is 25.3 Å². The van der Waals surface area contributed by atoms with Gasteiger partial charge < -0.3 is 19.5 Å². The highest BCUT2D eigenvalue weighted by atomic mass is 16.6. The molecule has 0 aliphatic carbocycles. The molecular weight excluding hydrogens is 270 g/mol. The van der Waals surface area contributed by atoms with Crippen LogP contribution in [0.3, 0.4) is 0 Å². The van der Waals surface area contributed by atoms with Crippen molar-refractivity contribution in [2.45, 2.75) is 32.2 Å². The van der Waals surface area contributed by atoms with Crippen LogP contribution in [0.5, 0.6) is 11.5 Å². The summed E-state index contributed by atoms with van der Waals surface area (Å²) >= 11 is 0. The molecule has 0 saturated carbocycles. The van der Waals surface area contributed by atoms with Gasteiger partial charge in [0.25, 0.3) is 0 Å². The molecule has 0 spiro atoms. The molecule has 0 amide bonds. The fraction of sp³-hybridized carbons (Fsp3) is 0.562. The number of carbonyl (C=O) groups is 1. The number of fused-ring (bicyclic) bond motifs is 1. The summed E-state index contributed by atoms with van der Waals surface area (Å²) in [5, 5.41) is 3.39. The maximum absolute atomic E-state index is 11.5. The number of rotatable bonds is 7. The van der Waals surface area contributed by atoms with Gasteiger partial charge in [-0.25, -0.2) is 0 Å². The van der Waals surface area contributed by atoms with Crippen LogP contribution in [0, 0.1) is 0 Å². The Morgan fingerprint density at radius 2 is 2.10 bits per heavy atom. The van der Waals surface area contributed by atoms with Crippen molar-refractivity contribution >= 4 is 5.97 Å². The van der Waals surface area contributed by atoms with E-state index in [-0.39, 0.29) is 12.0 Å². The highest BCUT2D eigenvalue weighted by Crippen LogP contribution is 2.31. The molecule has 1 N–H and O–H groups in total. The van der Waals surface area contributed by atoms with E-state index < -0.39 is 0 Å². The van der Waals surface area contributed by atoms with Crippen LogP contribution in [-0.2, 0) is 16.0 Å². The molecule has 21 heavy (non-hydrogen) atoms. The maximum atomic E-state index is 11.5. The van der Waals surface area contributed by atoms with E-state index in [4.69, 9.17) is 14.2 Å². The molecule has 1 aromatic carbocycles. The maximum Gasteiger partial charge on any atom is 0.307 e. The van der Waals surface area contributed by atoms with Crippen molar-refractivity contribution in [2.24, 2.45) is 0 Å². The summed E-state index contributed by atoms with van der Waals surface area (Å²) in [6.45, 7) is 4.16. The summed E-state index contributed by atoms with van der Waals surface area (Å²) in [6.07, 6.45) is 2.15. The molecule has 0 fully saturated rings. The number of carbonyl (C=O) groups excluding carboxylic acids is 1. The molecule has 1 aromatic rings. The van der Waals surface area contributed by atoms with E-state index in [9.17, 15) is 4.79 Å². The first-order chi connectivity index (χ1) is 10.2. The predicted molar refractivity (Wildman–Crippen MR) is 79.9 cm³/mol. The van der Waals surface area contributed by atoms with Gasteiger partial charge in [-0.1, -0.05) is 13.0 Å². The van der Waals surface area contributed by atoms with E-state index in [0.29, 0.717) is 19.6 Å². The Hall–Kier alpha value is -1.75. The van der Waals surface area contributed by atoms with Crippen LogP contribution in [0.2, 0.25) is 0 Å². The highest BCUT2D eigenvalue weighted by molar-refractivity contribution is 5.70. The standard InChI is InChI=1S/C16H23NO4/c1-3-6-17-13(11-16(18)19-2)9-12-4-5-14-15(10-12)21-8-7-20-14/h4-5,10,13,17H,3,6-9,11H2,1-2H3. The van der Waals surface area contributed by atoms with E-state index in [1.807, 2.05) is 18.2 Å². The van der Waals surface area contributed by atoms with Gasteiger partial charge in [-0.15, -0.1) is 0 Å². The quantitative estimate of drug-likeness (QED) is 0.779. The number of benzene rings is 1. The number of hydrogen-bond donors (Lipinski definition) is 1. The van der Waals surface area contributed by atoms with Crippen LogP contribution < -0.4 is 14.8 Å². The van der Waals surface area contributed by atoms with Crippen LogP contribution in [0.15, 0.2) is 18.2 Å². The smallest absolute Gasteiger partial charge is 0.307 e. The Labute approximate surface area is 125 Å². The molecule has 1 aliphatic rings. The van der Waals surface area contributed by atoms with E-state index in [1.54, 1.807) is 0 Å². The van der Waals surface area contributed by atoms with Crippen molar-refractivity contribution in [3.63, 3.8) is 0 Å². The summed E-state index contributed by atoms with van der Waals surface area (Å²) < 4.78 is 15.9. The van der Waals surface area contributed by atoms with Crippen molar-refractivity contribution in [3.8, 4) is 11.5 Å². The van der Waals surface area contributed by atoms with Crippen molar-refractivity contribution < 1.29 is 19.0 Å². The van der Waals surface area contributed by atoms with Crippen molar-refractivity contribution in [1.82, 2.24) is 5.32 Å². The molecule has 5 heteroatoms. The molecule has 5 nitrogen and oxygen atoms in total. The van der Waals surface area contributed by atoms with Crippen LogP contribution >= 0.6 is 0 Å². The Kier molecular flexibility index (Phi) is 5.87. The van der Waals surface area contributed by atoms with Gasteiger partial charge in [0.2, 0.25) is 0 Å². The average Bonchev–Trinajstić information content (AvgIpc) is 2.52. The van der Waals surface area contributed by atoms with Gasteiger partial charge in [0.15, 0.2) is 11.5 Å². The predicted octanol–water partition coefficient (Wildman–Crippen LogP) is 1.93. The van der Waals surface area contributed by atoms with Gasteiger partial charge in [0.1, 0.15) is 13.2 Å². The fourth-order valence-electron chi connectivity index (χ4n) is 2.35. The zero-order valence-electron chi connectivity index (χ0n) is 12.7. The summed E-state index contributed by atoms with van der Waals surface area (Å²) in [7, 11) is 1.42. The number of nitrogens with one attached hydrogen (secondary N) is 1. The van der Waals surface area contributed by atoms with E-state index in [0.717, 1.165) is 36.4 Å². The lowest BCUT2D eigenvalue weighted by molar-refractivity contribution is -0.141. The molecule has 0 radical (unpaired) electrons. The molecule has 1 unspecified atom stereocenters. The Morgan fingerprint density at radius 1 is 1.33 bits per heavy atom. The van der Waals surface area contributed by atoms with Crippen molar-refractivity contribution in [3.05, 3.63) is 23.8 Å². The number of esters is 1. The second-order valence-corrected chi connectivity index (χ2v) is 5.11. The molecule has 0 bridgehead atoms. The molecule has 0 saturated heterocycles. The van der Waals surface area contributed by atoms with Crippen molar-refractivity contribution in [2.75, 3.05) is 26.9 Å². The van der Waals surface area contributed by atoms with Crippen molar-refractivity contribution in [1.29, 1.82) is 0 Å². The SMILES string of the molecule is CCCNC(CC(=O)OC)Cc1ccc2c(c1)OCCO2. The third-order valence-electron chi connectivity index (χ3n) is 3.41. The third-order valence-corrected chi connectivity index (χ3v) is 3.41. The lowest BCUT2D eigenvalue weighted by atomic mass is 10.0. The third kappa shape index (κ3) is 4.63. The molecular formula is C16H23NO4. The minimum absolute atomic E-state index is 0.0694. The van der Waals surface area contributed by atoms with Gasteiger partial charge in [-0.05, 0) is 37.1 Å². The lowest BCUT2D eigenvalue weighted by Crippen LogP contribution is -2.34. The van der Waals surface area contributed by atoms with Gasteiger partial charge in [-0.3, -0.25) is 4.79 Å². The fourth-order valence-corrected chi connectivity index (χ4v) is 2.35. The molecule has 0 aromatic heterocycles. The minimum atomic E-state index is -0.193. The molecule has 2 rings (SSSR count). The minimum Gasteiger partial charge on any atom is -0.486 e. The first kappa shape index (κ1) is 15.6. The molecule has 1 heterocycles. The first-order valence-corrected chi connectivity index (χ1v) is 7.41. The summed E-state index contributed by atoms with van der Waals surface area (Å²) in [5.41, 5.74) is 1.12. The zero-order valence-corrected chi connectivity index (χ0v) is 12.7. The second-order valence-electron chi connectivity index (χ2n) is 5.11. The van der Waals surface area contributed by atoms with E-state index in [2.05, 4.69) is 12.2 Å². The Balaban J connectivity index is 2.02. The van der Waals surface area contributed by atoms with Gasteiger partial charge in [0, 0.05) is 6.04 Å². The first-order valence-electron chi connectivity index (χ1n) is 7.41. The summed E-state index contributed by atoms with van der Waals surface area (Å²) in [6, 6.07) is 6.01. The topological polar surface area (TPSA) is 56.8 Å². The van der Waals surface area contributed by atoms with Crippen LogP contribution in [0.4, 0.5) is 0 Å². The normalized spacial score (nSPS) is 14.6. The Bertz CT molecular complexity index is 475. The monoisotopic (exact) mass is 293 g/mol. The molecule has 1 aliphatic heterocycles. The molecule has 1 atom stereocenters. The number of hydrogen-bond acceptors (Lipinski definition) is 5. The van der Waals surface area contributed by atoms with E-state index in [1.165, 1.54) is 7.11 Å². The van der Waals surface area contributed by atoms with Crippen LogP contribution in [0.25, 0.3) is 0 Å². The zero-order chi connectivity index (χ0) is 15.1. The molecule has 116 valence electrons. The van der Waals surface area contributed by atoms with Gasteiger partial charge >= 0.3 is 5.97 Å². The highest BCUT2D eigenvalue weighted by Gasteiger charge is 2.17. The summed E-state index contributed by atoms with van der Waals surface area (Å²) in [4.78, 5) is 11.5. The average molecular weight is 293 g/mol. The second kappa shape index (κ2) is 7.88. The van der Waals surface area contributed by atoms with Gasteiger partial charge in [0.05, 0.1) is 13.5 Å². The van der Waals surface area contributed by atoms with E-state index >= 15 is 0 Å². The lowest BCUT2D eigenvalue weighted by Gasteiger charge is -2.21. The summed E-state index contributed by atoms with van der Waals surface area (Å²) in [5.74, 6) is 1.38. The largest absolute Gasteiger partial charge is 0.486 e. The Morgan fingerprint density at radius 3 is 2.81 bits per heavy atom. The number of ether oxygens (including phenoxy) is 3. The number of methoxy groups -OCH3 is 1. The van der Waals surface area contributed by atoms with Crippen LogP contribution in [-0.4, -0.2) is 38.9 Å².